The number of carbonyl (C=O) groups is 1. The maximum atomic E-state index is 12.5. The molecular weight excluding hydrogens is 249 g/mol. The van der Waals surface area contributed by atoms with Crippen LogP contribution in [0.1, 0.15) is 11.1 Å². The molecule has 0 aliphatic rings. The van der Waals surface area contributed by atoms with E-state index >= 15 is 0 Å². The van der Waals surface area contributed by atoms with Gasteiger partial charge in [-0.3, -0.25) is 0 Å². The van der Waals surface area contributed by atoms with E-state index in [1.807, 2.05) is 0 Å². The Morgan fingerprint density at radius 1 is 1.28 bits per heavy atom. The van der Waals surface area contributed by atoms with Crippen molar-refractivity contribution in [2.45, 2.75) is 6.18 Å². The van der Waals surface area contributed by atoms with E-state index in [-0.39, 0.29) is 11.1 Å². The largest absolute Gasteiger partial charge is 0.503 e. The third kappa shape index (κ3) is 3.26. The molecule has 0 radical (unpaired) electrons. The molecule has 1 rings (SSSR count). The van der Waals surface area contributed by atoms with Gasteiger partial charge in [-0.25, -0.2) is 4.79 Å². The second-order valence-electron chi connectivity index (χ2n) is 3.34. The van der Waals surface area contributed by atoms with Crippen molar-refractivity contribution < 1.29 is 27.4 Å². The molecule has 0 atom stereocenters. The van der Waals surface area contributed by atoms with Crippen LogP contribution in [0.4, 0.5) is 13.2 Å². The van der Waals surface area contributed by atoms with Crippen molar-refractivity contribution in [1.29, 1.82) is 0 Å². The highest BCUT2D eigenvalue weighted by molar-refractivity contribution is 6.16. The van der Waals surface area contributed by atoms with E-state index in [9.17, 15) is 18.0 Å². The molecule has 0 aromatic heterocycles. The Balaban J connectivity index is 3.23. The molecule has 0 N–H and O–H groups in total. The van der Waals surface area contributed by atoms with Gasteiger partial charge in [0, 0.05) is 0 Å². The Bertz CT molecular complexity index is 464. The number of hydrogen-bond donors (Lipinski definition) is 0. The Labute approximate surface area is 102 Å². The first-order valence-corrected chi connectivity index (χ1v) is 4.89. The number of alkyl halides is 3. The average Bonchev–Trinajstić information content (AvgIpc) is 2.34. The lowest BCUT2D eigenvalue weighted by atomic mass is 10.0. The van der Waals surface area contributed by atoms with Crippen LogP contribution in [0.5, 0.6) is 0 Å². The van der Waals surface area contributed by atoms with Gasteiger partial charge >= 0.3 is 12.1 Å². The SMILES string of the molecule is CO/C=C(/C(=O)OC)c1cccc(C(F)(F)F)c1. The van der Waals surface area contributed by atoms with Gasteiger partial charge in [0.15, 0.2) is 0 Å². The van der Waals surface area contributed by atoms with Crippen LogP contribution in [-0.2, 0) is 20.4 Å². The molecule has 0 saturated heterocycles. The number of benzene rings is 1. The Morgan fingerprint density at radius 2 is 1.94 bits per heavy atom. The second kappa shape index (κ2) is 5.57. The molecule has 0 bridgehead atoms. The molecular formula is C12H11F3O3. The highest BCUT2D eigenvalue weighted by Crippen LogP contribution is 2.31. The van der Waals surface area contributed by atoms with Crippen LogP contribution >= 0.6 is 0 Å². The predicted molar refractivity (Wildman–Crippen MR) is 58.4 cm³/mol. The fraction of sp³-hybridized carbons (Fsp3) is 0.250. The van der Waals surface area contributed by atoms with Crippen molar-refractivity contribution in [2.75, 3.05) is 14.2 Å². The molecule has 1 aromatic rings. The monoisotopic (exact) mass is 260 g/mol. The Morgan fingerprint density at radius 3 is 2.44 bits per heavy atom. The summed E-state index contributed by atoms with van der Waals surface area (Å²) in [6, 6.07) is 4.37. The third-order valence-corrected chi connectivity index (χ3v) is 2.14. The number of halogens is 3. The summed E-state index contributed by atoms with van der Waals surface area (Å²) in [5.74, 6) is -0.767. The number of carbonyl (C=O) groups excluding carboxylic acids is 1. The smallest absolute Gasteiger partial charge is 0.416 e. The minimum Gasteiger partial charge on any atom is -0.503 e. The van der Waals surface area contributed by atoms with Gasteiger partial charge in [0.2, 0.25) is 0 Å². The molecule has 1 aromatic carbocycles. The summed E-state index contributed by atoms with van der Waals surface area (Å²) < 4.78 is 46.7. The van der Waals surface area contributed by atoms with Gasteiger partial charge in [0.05, 0.1) is 26.0 Å². The van der Waals surface area contributed by atoms with Crippen molar-refractivity contribution in [1.82, 2.24) is 0 Å². The summed E-state index contributed by atoms with van der Waals surface area (Å²) in [5.41, 5.74) is -0.837. The lowest BCUT2D eigenvalue weighted by Crippen LogP contribution is -2.08. The van der Waals surface area contributed by atoms with E-state index in [1.165, 1.54) is 19.2 Å². The fourth-order valence-corrected chi connectivity index (χ4v) is 1.32. The first-order chi connectivity index (χ1) is 8.40. The van der Waals surface area contributed by atoms with Crippen molar-refractivity contribution in [3.05, 3.63) is 41.7 Å². The van der Waals surface area contributed by atoms with Gasteiger partial charge in [-0.2, -0.15) is 13.2 Å². The van der Waals surface area contributed by atoms with Crippen LogP contribution in [-0.4, -0.2) is 20.2 Å². The molecule has 0 saturated carbocycles. The highest BCUT2D eigenvalue weighted by Gasteiger charge is 2.31. The first-order valence-electron chi connectivity index (χ1n) is 4.89. The van der Waals surface area contributed by atoms with Gasteiger partial charge in [0.1, 0.15) is 5.57 Å². The minimum atomic E-state index is -4.47. The van der Waals surface area contributed by atoms with Crippen LogP contribution in [0, 0.1) is 0 Å². The molecule has 0 amide bonds. The normalized spacial score (nSPS) is 12.2. The Hall–Kier alpha value is -1.98. The van der Waals surface area contributed by atoms with Crippen LogP contribution in [0.15, 0.2) is 30.5 Å². The summed E-state index contributed by atoms with van der Waals surface area (Å²) in [6.45, 7) is 0. The number of ether oxygens (including phenoxy) is 2. The van der Waals surface area contributed by atoms with Crippen LogP contribution in [0.2, 0.25) is 0 Å². The lowest BCUT2D eigenvalue weighted by molar-refractivity contribution is -0.138. The molecule has 0 spiro atoms. The molecule has 0 unspecified atom stereocenters. The van der Waals surface area contributed by atoms with Gasteiger partial charge in [-0.15, -0.1) is 0 Å². The zero-order valence-electron chi connectivity index (χ0n) is 9.75. The minimum absolute atomic E-state index is 0.0777. The topological polar surface area (TPSA) is 35.5 Å². The maximum Gasteiger partial charge on any atom is 0.416 e. The van der Waals surface area contributed by atoms with Crippen molar-refractivity contribution in [2.24, 2.45) is 0 Å². The number of methoxy groups -OCH3 is 2. The van der Waals surface area contributed by atoms with E-state index in [4.69, 9.17) is 0 Å². The maximum absolute atomic E-state index is 12.5. The summed E-state index contributed by atoms with van der Waals surface area (Å²) in [4.78, 5) is 11.4. The molecule has 0 aliphatic heterocycles. The van der Waals surface area contributed by atoms with Crippen LogP contribution in [0.25, 0.3) is 5.57 Å². The summed E-state index contributed by atoms with van der Waals surface area (Å²) >= 11 is 0. The van der Waals surface area contributed by atoms with Gasteiger partial charge in [-0.1, -0.05) is 12.1 Å². The zero-order valence-corrected chi connectivity index (χ0v) is 9.75. The van der Waals surface area contributed by atoms with Crippen LogP contribution < -0.4 is 0 Å². The standard InChI is InChI=1S/C12H11F3O3/c1-17-7-10(11(16)18-2)8-4-3-5-9(6-8)12(13,14)15/h3-7H,1-2H3/b10-7+. The molecule has 3 nitrogen and oxygen atoms in total. The number of esters is 1. The first kappa shape index (κ1) is 14.1. The van der Waals surface area contributed by atoms with Crippen LogP contribution in [0.3, 0.4) is 0 Å². The van der Waals surface area contributed by atoms with E-state index in [0.29, 0.717) is 0 Å². The highest BCUT2D eigenvalue weighted by atomic mass is 19.4. The van der Waals surface area contributed by atoms with E-state index in [2.05, 4.69) is 9.47 Å². The molecule has 0 aliphatic carbocycles. The predicted octanol–water partition coefficient (Wildman–Crippen LogP) is 2.87. The molecule has 18 heavy (non-hydrogen) atoms. The zero-order chi connectivity index (χ0) is 13.8. The van der Waals surface area contributed by atoms with E-state index in [1.54, 1.807) is 0 Å². The van der Waals surface area contributed by atoms with E-state index in [0.717, 1.165) is 25.5 Å². The second-order valence-corrected chi connectivity index (χ2v) is 3.34. The number of rotatable bonds is 3. The lowest BCUT2D eigenvalue weighted by Gasteiger charge is -2.10. The Kier molecular flexibility index (Phi) is 4.36. The third-order valence-electron chi connectivity index (χ3n) is 2.14. The fourth-order valence-electron chi connectivity index (χ4n) is 1.32. The molecule has 0 heterocycles. The van der Waals surface area contributed by atoms with Crippen molar-refractivity contribution in [3.63, 3.8) is 0 Å². The summed E-state index contributed by atoms with van der Waals surface area (Å²) in [5, 5.41) is 0. The van der Waals surface area contributed by atoms with Gasteiger partial charge in [0.25, 0.3) is 0 Å². The molecule has 98 valence electrons. The van der Waals surface area contributed by atoms with E-state index < -0.39 is 17.7 Å². The number of hydrogen-bond acceptors (Lipinski definition) is 3. The quantitative estimate of drug-likeness (QED) is 0.476. The summed E-state index contributed by atoms with van der Waals surface area (Å²) in [6.07, 6.45) is -3.42. The van der Waals surface area contributed by atoms with Gasteiger partial charge < -0.3 is 9.47 Å². The van der Waals surface area contributed by atoms with Crippen molar-refractivity contribution >= 4 is 11.5 Å². The molecule has 0 fully saturated rings. The molecule has 6 heteroatoms. The summed E-state index contributed by atoms with van der Waals surface area (Å²) in [7, 11) is 2.43. The van der Waals surface area contributed by atoms with Gasteiger partial charge in [-0.05, 0) is 17.7 Å². The van der Waals surface area contributed by atoms with Crippen molar-refractivity contribution in [3.8, 4) is 0 Å². The average molecular weight is 260 g/mol.